The van der Waals surface area contributed by atoms with Crippen molar-refractivity contribution in [2.75, 3.05) is 18.1 Å². The lowest BCUT2D eigenvalue weighted by Crippen LogP contribution is -2.11. The number of nitrogens with zero attached hydrogens (tertiary/aromatic N) is 1. The van der Waals surface area contributed by atoms with Crippen LogP contribution in [0.3, 0.4) is 0 Å². The second kappa shape index (κ2) is 5.70. The molecule has 0 radical (unpaired) electrons. The molecule has 0 unspecified atom stereocenters. The van der Waals surface area contributed by atoms with E-state index in [-0.39, 0.29) is 11.5 Å². The largest absolute Gasteiger partial charge is 0.492 e. The van der Waals surface area contributed by atoms with Gasteiger partial charge in [0.05, 0.1) is 18.6 Å². The lowest BCUT2D eigenvalue weighted by atomic mass is 10.4. The zero-order valence-electron chi connectivity index (χ0n) is 8.72. The minimum atomic E-state index is -2.87. The zero-order chi connectivity index (χ0) is 11.1. The molecule has 0 saturated heterocycles. The van der Waals surface area contributed by atoms with Crippen molar-refractivity contribution in [2.45, 2.75) is 13.3 Å². The van der Waals surface area contributed by atoms with Gasteiger partial charge in [-0.3, -0.25) is 4.98 Å². The summed E-state index contributed by atoms with van der Waals surface area (Å²) in [5.41, 5.74) is 0. The van der Waals surface area contributed by atoms with Gasteiger partial charge in [0.2, 0.25) is 0 Å². The Hall–Kier alpha value is -1.10. The first-order valence-electron chi connectivity index (χ1n) is 4.87. The third-order valence-electron chi connectivity index (χ3n) is 1.94. The van der Waals surface area contributed by atoms with Crippen LogP contribution in [0.15, 0.2) is 24.5 Å². The first-order valence-corrected chi connectivity index (χ1v) is 6.69. The SMILES string of the molecule is CCS(=O)(=O)CCCOc1cccnc1. The predicted octanol–water partition coefficient (Wildman–Crippen LogP) is 1.29. The van der Waals surface area contributed by atoms with Crippen LogP contribution in [0.1, 0.15) is 13.3 Å². The summed E-state index contributed by atoms with van der Waals surface area (Å²) in [5.74, 6) is 1.05. The number of aromatic nitrogens is 1. The zero-order valence-corrected chi connectivity index (χ0v) is 9.53. The van der Waals surface area contributed by atoms with Crippen LogP contribution in [0.25, 0.3) is 0 Å². The van der Waals surface area contributed by atoms with Gasteiger partial charge in [0.1, 0.15) is 15.6 Å². The Kier molecular flexibility index (Phi) is 4.55. The maximum absolute atomic E-state index is 11.1. The van der Waals surface area contributed by atoms with Crippen molar-refractivity contribution < 1.29 is 13.2 Å². The van der Waals surface area contributed by atoms with E-state index in [0.29, 0.717) is 18.8 Å². The van der Waals surface area contributed by atoms with Gasteiger partial charge in [-0.2, -0.15) is 0 Å². The number of hydrogen-bond donors (Lipinski definition) is 0. The molecule has 0 N–H and O–H groups in total. The van der Waals surface area contributed by atoms with Crippen molar-refractivity contribution in [2.24, 2.45) is 0 Å². The third kappa shape index (κ3) is 4.78. The summed E-state index contributed by atoms with van der Waals surface area (Å²) >= 11 is 0. The molecule has 15 heavy (non-hydrogen) atoms. The van der Waals surface area contributed by atoms with Crippen molar-refractivity contribution in [1.82, 2.24) is 4.98 Å². The Bertz CT molecular complexity index is 375. The van der Waals surface area contributed by atoms with Gasteiger partial charge in [-0.05, 0) is 18.6 Å². The normalized spacial score (nSPS) is 11.3. The molecule has 1 aromatic heterocycles. The van der Waals surface area contributed by atoms with Gasteiger partial charge >= 0.3 is 0 Å². The number of pyridine rings is 1. The Morgan fingerprint density at radius 1 is 1.47 bits per heavy atom. The molecule has 5 heteroatoms. The van der Waals surface area contributed by atoms with E-state index in [1.165, 1.54) is 0 Å². The highest BCUT2D eigenvalue weighted by atomic mass is 32.2. The van der Waals surface area contributed by atoms with Gasteiger partial charge in [-0.25, -0.2) is 8.42 Å². The molecule has 0 fully saturated rings. The van der Waals surface area contributed by atoms with Crippen LogP contribution in [0, 0.1) is 0 Å². The van der Waals surface area contributed by atoms with Crippen molar-refractivity contribution in [3.05, 3.63) is 24.5 Å². The first kappa shape index (κ1) is 12.0. The quantitative estimate of drug-likeness (QED) is 0.690. The molecule has 0 spiro atoms. The average molecular weight is 229 g/mol. The van der Waals surface area contributed by atoms with Crippen LogP contribution in [0.2, 0.25) is 0 Å². The number of rotatable bonds is 6. The molecular weight excluding hydrogens is 214 g/mol. The smallest absolute Gasteiger partial charge is 0.150 e. The van der Waals surface area contributed by atoms with Crippen LogP contribution in [-0.2, 0) is 9.84 Å². The van der Waals surface area contributed by atoms with E-state index in [1.807, 2.05) is 0 Å². The third-order valence-corrected chi connectivity index (χ3v) is 3.73. The van der Waals surface area contributed by atoms with Crippen molar-refractivity contribution in [3.8, 4) is 5.75 Å². The molecule has 84 valence electrons. The summed E-state index contributed by atoms with van der Waals surface area (Å²) in [6, 6.07) is 3.57. The second-order valence-corrected chi connectivity index (χ2v) is 5.60. The molecule has 0 aliphatic carbocycles. The summed E-state index contributed by atoms with van der Waals surface area (Å²) in [4.78, 5) is 3.89. The topological polar surface area (TPSA) is 56.3 Å². The maximum atomic E-state index is 11.1. The molecule has 0 amide bonds. The Labute approximate surface area is 90.2 Å². The summed E-state index contributed by atoms with van der Waals surface area (Å²) in [6.45, 7) is 2.06. The molecule has 1 rings (SSSR count). The van der Waals surface area contributed by atoms with Crippen LogP contribution in [0.4, 0.5) is 0 Å². The van der Waals surface area contributed by atoms with Crippen molar-refractivity contribution >= 4 is 9.84 Å². The molecule has 0 aliphatic rings. The highest BCUT2D eigenvalue weighted by Crippen LogP contribution is 2.06. The van der Waals surface area contributed by atoms with Gasteiger partial charge < -0.3 is 4.74 Å². The highest BCUT2D eigenvalue weighted by Gasteiger charge is 2.06. The molecule has 0 aliphatic heterocycles. The van der Waals surface area contributed by atoms with Crippen molar-refractivity contribution in [1.29, 1.82) is 0 Å². The van der Waals surface area contributed by atoms with Crippen LogP contribution in [-0.4, -0.2) is 31.5 Å². The molecule has 1 aromatic rings. The molecule has 1 heterocycles. The standard InChI is InChI=1S/C10H15NO3S/c1-2-15(12,13)8-4-7-14-10-5-3-6-11-9-10/h3,5-6,9H,2,4,7-8H2,1H3. The molecular formula is C10H15NO3S. The fourth-order valence-corrected chi connectivity index (χ4v) is 1.89. The summed E-state index contributed by atoms with van der Waals surface area (Å²) in [5, 5.41) is 0. The van der Waals surface area contributed by atoms with E-state index in [1.54, 1.807) is 31.5 Å². The van der Waals surface area contributed by atoms with E-state index in [4.69, 9.17) is 4.74 Å². The van der Waals surface area contributed by atoms with E-state index < -0.39 is 9.84 Å². The minimum Gasteiger partial charge on any atom is -0.492 e. The van der Waals surface area contributed by atoms with Gasteiger partial charge in [-0.1, -0.05) is 6.92 Å². The average Bonchev–Trinajstić information content (AvgIpc) is 2.26. The van der Waals surface area contributed by atoms with E-state index in [9.17, 15) is 8.42 Å². The molecule has 0 saturated carbocycles. The molecule has 0 atom stereocenters. The number of hydrogen-bond acceptors (Lipinski definition) is 4. The van der Waals surface area contributed by atoms with Gasteiger partial charge in [0, 0.05) is 11.9 Å². The maximum Gasteiger partial charge on any atom is 0.150 e. The van der Waals surface area contributed by atoms with Crippen LogP contribution >= 0.6 is 0 Å². The summed E-state index contributed by atoms with van der Waals surface area (Å²) in [7, 11) is -2.87. The first-order chi connectivity index (χ1) is 7.14. The number of ether oxygens (including phenoxy) is 1. The van der Waals surface area contributed by atoms with Crippen LogP contribution in [0.5, 0.6) is 5.75 Å². The molecule has 4 nitrogen and oxygen atoms in total. The fourth-order valence-electron chi connectivity index (χ4n) is 1.05. The van der Waals surface area contributed by atoms with E-state index >= 15 is 0 Å². The van der Waals surface area contributed by atoms with Gasteiger partial charge in [0.25, 0.3) is 0 Å². The molecule has 0 bridgehead atoms. The second-order valence-electron chi connectivity index (χ2n) is 3.13. The Morgan fingerprint density at radius 2 is 2.27 bits per heavy atom. The highest BCUT2D eigenvalue weighted by molar-refractivity contribution is 7.91. The predicted molar refractivity (Wildman–Crippen MR) is 58.7 cm³/mol. The summed E-state index contributed by atoms with van der Waals surface area (Å²) in [6.07, 6.45) is 3.79. The van der Waals surface area contributed by atoms with Gasteiger partial charge in [-0.15, -0.1) is 0 Å². The Morgan fingerprint density at radius 3 is 2.87 bits per heavy atom. The van der Waals surface area contributed by atoms with E-state index in [2.05, 4.69) is 4.98 Å². The number of sulfone groups is 1. The summed E-state index contributed by atoms with van der Waals surface area (Å²) < 4.78 is 27.6. The fraction of sp³-hybridized carbons (Fsp3) is 0.500. The molecule has 0 aromatic carbocycles. The monoisotopic (exact) mass is 229 g/mol. The minimum absolute atomic E-state index is 0.184. The van der Waals surface area contributed by atoms with E-state index in [0.717, 1.165) is 0 Å². The van der Waals surface area contributed by atoms with Gasteiger partial charge in [0.15, 0.2) is 0 Å². The van der Waals surface area contributed by atoms with Crippen molar-refractivity contribution in [3.63, 3.8) is 0 Å². The lowest BCUT2D eigenvalue weighted by Gasteiger charge is -2.04. The van der Waals surface area contributed by atoms with Crippen LogP contribution < -0.4 is 4.74 Å². The lowest BCUT2D eigenvalue weighted by molar-refractivity contribution is 0.316. The Balaban J connectivity index is 2.24.